The summed E-state index contributed by atoms with van der Waals surface area (Å²) < 4.78 is 28.8. The lowest BCUT2D eigenvalue weighted by Gasteiger charge is -2.16. The molecule has 6 nitrogen and oxygen atoms in total. The normalized spacial score (nSPS) is 13.0. The largest absolute Gasteiger partial charge is 0.492 e. The third-order valence-electron chi connectivity index (χ3n) is 2.99. The molecule has 0 bridgehead atoms. The van der Waals surface area contributed by atoms with Crippen LogP contribution in [0.1, 0.15) is 32.3 Å². The van der Waals surface area contributed by atoms with Gasteiger partial charge in [0, 0.05) is 22.8 Å². The van der Waals surface area contributed by atoms with Gasteiger partial charge in [0.25, 0.3) is 14.7 Å². The Hall–Kier alpha value is -1.34. The first-order valence-electron chi connectivity index (χ1n) is 6.53. The maximum Gasteiger partial charge on any atom is 0.271 e. The van der Waals surface area contributed by atoms with E-state index in [-0.39, 0.29) is 22.3 Å². The van der Waals surface area contributed by atoms with Crippen molar-refractivity contribution in [3.63, 3.8) is 0 Å². The van der Waals surface area contributed by atoms with Gasteiger partial charge in [-0.1, -0.05) is 20.3 Å². The molecule has 0 heterocycles. The molecule has 1 aromatic carbocycles. The Labute approximate surface area is 128 Å². The van der Waals surface area contributed by atoms with Gasteiger partial charge in [0.2, 0.25) is 0 Å². The molecule has 1 unspecified atom stereocenters. The van der Waals surface area contributed by atoms with Gasteiger partial charge in [-0.05, 0) is 24.8 Å². The van der Waals surface area contributed by atoms with Crippen LogP contribution in [0.4, 0.5) is 5.69 Å². The molecule has 0 saturated carbocycles. The maximum atomic E-state index is 11.6. The highest BCUT2D eigenvalue weighted by Crippen LogP contribution is 2.34. The van der Waals surface area contributed by atoms with Crippen molar-refractivity contribution in [1.82, 2.24) is 0 Å². The zero-order valence-corrected chi connectivity index (χ0v) is 13.7. The summed E-state index contributed by atoms with van der Waals surface area (Å²) >= 11 is 0. The molecule has 0 fully saturated rings. The van der Waals surface area contributed by atoms with Crippen LogP contribution >= 0.6 is 10.7 Å². The fourth-order valence-corrected chi connectivity index (χ4v) is 3.04. The summed E-state index contributed by atoms with van der Waals surface area (Å²) in [7, 11) is 1.23. The van der Waals surface area contributed by atoms with Crippen molar-refractivity contribution in [2.45, 2.75) is 38.5 Å². The van der Waals surface area contributed by atoms with E-state index in [0.717, 1.165) is 18.9 Å². The van der Waals surface area contributed by atoms with E-state index >= 15 is 0 Å². The van der Waals surface area contributed by atoms with E-state index < -0.39 is 14.0 Å². The van der Waals surface area contributed by atoms with Gasteiger partial charge in [0.05, 0.1) is 11.5 Å². The van der Waals surface area contributed by atoms with Crippen LogP contribution in [0, 0.1) is 23.0 Å². The van der Waals surface area contributed by atoms with Crippen molar-refractivity contribution in [2.24, 2.45) is 5.92 Å². The second-order valence-electron chi connectivity index (χ2n) is 4.99. The molecule has 1 aromatic rings. The average molecular weight is 336 g/mol. The zero-order valence-electron chi connectivity index (χ0n) is 12.1. The molecule has 118 valence electrons. The van der Waals surface area contributed by atoms with E-state index in [0.29, 0.717) is 12.2 Å². The van der Waals surface area contributed by atoms with Gasteiger partial charge in [-0.25, -0.2) is 8.42 Å². The van der Waals surface area contributed by atoms with Crippen LogP contribution in [0.15, 0.2) is 17.0 Å². The van der Waals surface area contributed by atoms with Gasteiger partial charge in [-0.15, -0.1) is 0 Å². The first-order valence-corrected chi connectivity index (χ1v) is 8.84. The van der Waals surface area contributed by atoms with Crippen molar-refractivity contribution in [1.29, 1.82) is 0 Å². The second-order valence-corrected chi connectivity index (χ2v) is 7.52. The molecule has 0 aliphatic carbocycles. The second kappa shape index (κ2) is 7.09. The number of hydrogen-bond donors (Lipinski definition) is 0. The Morgan fingerprint density at radius 1 is 1.43 bits per heavy atom. The first-order chi connectivity index (χ1) is 9.66. The molecule has 0 N–H and O–H groups in total. The van der Waals surface area contributed by atoms with Gasteiger partial charge in [-0.3, -0.25) is 10.1 Å². The number of hydrogen-bond acceptors (Lipinski definition) is 5. The van der Waals surface area contributed by atoms with Crippen LogP contribution in [0.5, 0.6) is 5.75 Å². The number of halogens is 1. The number of ether oxygens (including phenoxy) is 1. The molecule has 0 radical (unpaired) electrons. The van der Waals surface area contributed by atoms with Crippen LogP contribution in [0.25, 0.3) is 0 Å². The van der Waals surface area contributed by atoms with E-state index in [1.165, 1.54) is 6.07 Å². The van der Waals surface area contributed by atoms with E-state index in [1.807, 2.05) is 13.8 Å². The fourth-order valence-electron chi connectivity index (χ4n) is 2.00. The van der Waals surface area contributed by atoms with Crippen molar-refractivity contribution in [2.75, 3.05) is 6.61 Å². The number of non-ortho nitro benzene ring substituents is 1. The number of aryl methyl sites for hydroxylation is 1. The number of nitro benzene ring substituents is 1. The van der Waals surface area contributed by atoms with Gasteiger partial charge in [-0.2, -0.15) is 0 Å². The predicted molar refractivity (Wildman–Crippen MR) is 80.4 cm³/mol. The highest BCUT2D eigenvalue weighted by atomic mass is 35.7. The summed E-state index contributed by atoms with van der Waals surface area (Å²) in [6.45, 7) is 5.91. The lowest BCUT2D eigenvalue weighted by molar-refractivity contribution is -0.385. The zero-order chi connectivity index (χ0) is 16.2. The van der Waals surface area contributed by atoms with Crippen molar-refractivity contribution >= 4 is 25.4 Å². The molecule has 1 rings (SSSR count). The number of rotatable bonds is 7. The Bertz CT molecular complexity index is 630. The quantitative estimate of drug-likeness (QED) is 0.431. The molecule has 0 aromatic heterocycles. The molecular weight excluding hydrogens is 318 g/mol. The SMILES string of the molecule is CCCC(C)COc1c(C)cc([N+](=O)[O-])cc1S(=O)(=O)Cl. The van der Waals surface area contributed by atoms with E-state index in [9.17, 15) is 18.5 Å². The fraction of sp³-hybridized carbons (Fsp3) is 0.538. The highest BCUT2D eigenvalue weighted by molar-refractivity contribution is 8.13. The monoisotopic (exact) mass is 335 g/mol. The van der Waals surface area contributed by atoms with E-state index in [4.69, 9.17) is 15.4 Å². The molecule has 21 heavy (non-hydrogen) atoms. The topological polar surface area (TPSA) is 86.5 Å². The number of nitrogens with zero attached hydrogens (tertiary/aromatic N) is 1. The summed E-state index contributed by atoms with van der Waals surface area (Å²) in [5.74, 6) is 0.328. The minimum absolute atomic E-state index is 0.0820. The molecule has 0 amide bonds. The lowest BCUT2D eigenvalue weighted by Crippen LogP contribution is -2.11. The smallest absolute Gasteiger partial charge is 0.271 e. The molecule has 0 aliphatic heterocycles. The summed E-state index contributed by atoms with van der Waals surface area (Å²) in [5.41, 5.74) is 0.0350. The Morgan fingerprint density at radius 2 is 2.05 bits per heavy atom. The third kappa shape index (κ3) is 4.86. The summed E-state index contributed by atoms with van der Waals surface area (Å²) in [6, 6.07) is 2.19. The molecule has 0 saturated heterocycles. The Morgan fingerprint density at radius 3 is 2.52 bits per heavy atom. The van der Waals surface area contributed by atoms with Crippen LogP contribution < -0.4 is 4.74 Å². The minimum atomic E-state index is -4.13. The Kier molecular flexibility index (Phi) is 5.98. The lowest BCUT2D eigenvalue weighted by atomic mass is 10.1. The van der Waals surface area contributed by atoms with E-state index in [2.05, 4.69) is 0 Å². The van der Waals surface area contributed by atoms with Gasteiger partial charge >= 0.3 is 0 Å². The van der Waals surface area contributed by atoms with Gasteiger partial charge in [0.15, 0.2) is 0 Å². The van der Waals surface area contributed by atoms with Crippen LogP contribution in [-0.4, -0.2) is 19.9 Å². The average Bonchev–Trinajstić information content (AvgIpc) is 2.35. The van der Waals surface area contributed by atoms with Gasteiger partial charge < -0.3 is 4.74 Å². The van der Waals surface area contributed by atoms with Crippen molar-refractivity contribution < 1.29 is 18.1 Å². The predicted octanol–water partition coefficient (Wildman–Crippen LogP) is 3.65. The molecule has 0 spiro atoms. The molecular formula is C13H18ClNO5S. The van der Waals surface area contributed by atoms with Crippen LogP contribution in [0.3, 0.4) is 0 Å². The maximum absolute atomic E-state index is 11.6. The minimum Gasteiger partial charge on any atom is -0.492 e. The standard InChI is InChI=1S/C13H18ClNO5S/c1-4-5-9(2)8-20-13-10(3)6-11(15(16)17)7-12(13)21(14,18)19/h6-7,9H,4-5,8H2,1-3H3. The van der Waals surface area contributed by atoms with Gasteiger partial charge in [0.1, 0.15) is 10.6 Å². The third-order valence-corrected chi connectivity index (χ3v) is 4.32. The molecule has 1 atom stereocenters. The Balaban J connectivity index is 3.21. The summed E-state index contributed by atoms with van der Waals surface area (Å²) in [5, 5.41) is 10.8. The van der Waals surface area contributed by atoms with Crippen LogP contribution in [0.2, 0.25) is 0 Å². The molecule has 8 heteroatoms. The molecule has 0 aliphatic rings. The van der Waals surface area contributed by atoms with Crippen molar-refractivity contribution in [3.05, 3.63) is 27.8 Å². The van der Waals surface area contributed by atoms with E-state index in [1.54, 1.807) is 6.92 Å². The number of benzene rings is 1. The summed E-state index contributed by atoms with van der Waals surface area (Å²) in [6.07, 6.45) is 1.93. The van der Waals surface area contributed by atoms with Crippen LogP contribution in [-0.2, 0) is 9.05 Å². The summed E-state index contributed by atoms with van der Waals surface area (Å²) in [4.78, 5) is 9.80. The highest BCUT2D eigenvalue weighted by Gasteiger charge is 2.24. The van der Waals surface area contributed by atoms with Crippen molar-refractivity contribution in [3.8, 4) is 5.75 Å². The first kappa shape index (κ1) is 17.7. The number of nitro groups is 1.